The summed E-state index contributed by atoms with van der Waals surface area (Å²) in [6, 6.07) is 12.1. The van der Waals surface area contributed by atoms with Crippen molar-refractivity contribution in [3.63, 3.8) is 0 Å². The number of carbonyl (C=O) groups is 1. The number of anilines is 1. The highest BCUT2D eigenvalue weighted by atomic mass is 16.5. The second-order valence-corrected chi connectivity index (χ2v) is 7.50. The lowest BCUT2D eigenvalue weighted by atomic mass is 9.94. The normalized spacial score (nSPS) is 14.9. The van der Waals surface area contributed by atoms with Gasteiger partial charge in [0.2, 0.25) is 0 Å². The van der Waals surface area contributed by atoms with Gasteiger partial charge < -0.3 is 20.8 Å². The van der Waals surface area contributed by atoms with E-state index in [9.17, 15) is 4.79 Å². The summed E-state index contributed by atoms with van der Waals surface area (Å²) in [5, 5.41) is 4.60. The van der Waals surface area contributed by atoms with Gasteiger partial charge in [-0.25, -0.2) is 0 Å². The van der Waals surface area contributed by atoms with E-state index in [4.69, 9.17) is 10.5 Å². The second-order valence-electron chi connectivity index (χ2n) is 7.50. The van der Waals surface area contributed by atoms with Crippen LogP contribution in [0.4, 0.5) is 5.69 Å². The van der Waals surface area contributed by atoms with Gasteiger partial charge in [0.1, 0.15) is 0 Å². The van der Waals surface area contributed by atoms with E-state index in [2.05, 4.69) is 40.3 Å². The maximum Gasteiger partial charge on any atom is 0.250 e. The molecule has 0 saturated carbocycles. The summed E-state index contributed by atoms with van der Waals surface area (Å²) < 4.78 is 5.41. The number of nitrogens with two attached hydrogens (primary N) is 1. The first kappa shape index (κ1) is 19.5. The van der Waals surface area contributed by atoms with E-state index in [1.54, 1.807) is 6.07 Å². The van der Waals surface area contributed by atoms with Crippen LogP contribution in [0.15, 0.2) is 42.6 Å². The van der Waals surface area contributed by atoms with Crippen LogP contribution in [-0.4, -0.2) is 55.2 Å². The van der Waals surface area contributed by atoms with E-state index in [1.165, 1.54) is 5.56 Å². The number of carbonyl (C=O) groups excluding carboxylic acids is 1. The van der Waals surface area contributed by atoms with Crippen LogP contribution in [0.1, 0.15) is 22.3 Å². The molecule has 1 aliphatic heterocycles. The quantitative estimate of drug-likeness (QED) is 0.538. The molecule has 152 valence electrons. The fraction of sp³-hybridized carbons (Fsp3) is 0.348. The lowest BCUT2D eigenvalue weighted by molar-refractivity contribution is 0.0378. The fourth-order valence-electron chi connectivity index (χ4n) is 4.07. The Bertz CT molecular complexity index is 1010. The van der Waals surface area contributed by atoms with Crippen molar-refractivity contribution in [3.05, 3.63) is 53.7 Å². The monoisotopic (exact) mass is 392 g/mol. The maximum atomic E-state index is 11.7. The van der Waals surface area contributed by atoms with Gasteiger partial charge in [0.15, 0.2) is 0 Å². The number of ether oxygens (including phenoxy) is 1. The zero-order chi connectivity index (χ0) is 20.2. The Morgan fingerprint density at radius 1 is 1.17 bits per heavy atom. The lowest BCUT2D eigenvalue weighted by Crippen LogP contribution is -2.37. The molecule has 1 aliphatic rings. The Balaban J connectivity index is 1.51. The molecule has 6 heteroatoms. The van der Waals surface area contributed by atoms with Crippen LogP contribution in [0.2, 0.25) is 0 Å². The van der Waals surface area contributed by atoms with Gasteiger partial charge in [0, 0.05) is 36.9 Å². The molecule has 4 N–H and O–H groups in total. The molecular weight excluding hydrogens is 364 g/mol. The molecule has 0 spiro atoms. The van der Waals surface area contributed by atoms with Crippen LogP contribution < -0.4 is 11.1 Å². The number of benzene rings is 2. The zero-order valence-electron chi connectivity index (χ0n) is 16.8. The average molecular weight is 393 g/mol. The molecule has 0 atom stereocenters. The summed E-state index contributed by atoms with van der Waals surface area (Å²) in [6.07, 6.45) is 2.95. The minimum atomic E-state index is -0.420. The first-order chi connectivity index (χ1) is 14.1. The predicted octanol–water partition coefficient (Wildman–Crippen LogP) is 3.38. The topological polar surface area (TPSA) is 83.4 Å². The van der Waals surface area contributed by atoms with Crippen molar-refractivity contribution in [1.82, 2.24) is 9.88 Å². The SMILES string of the molecule is Cc1c(NCCCN2CCOCC2)cccc1-c1ccc(C(N)=O)c2[nH]ccc12. The Morgan fingerprint density at radius 2 is 2.00 bits per heavy atom. The molecule has 0 bridgehead atoms. The van der Waals surface area contributed by atoms with E-state index in [0.717, 1.165) is 73.5 Å². The van der Waals surface area contributed by atoms with E-state index < -0.39 is 5.91 Å². The number of nitrogens with zero attached hydrogens (tertiary/aromatic N) is 1. The third kappa shape index (κ3) is 4.13. The number of aromatic amines is 1. The number of rotatable bonds is 7. The van der Waals surface area contributed by atoms with Crippen molar-refractivity contribution in [2.24, 2.45) is 5.73 Å². The highest BCUT2D eigenvalue weighted by Crippen LogP contribution is 2.34. The molecule has 2 aromatic carbocycles. The molecule has 0 unspecified atom stereocenters. The number of H-pyrrole nitrogens is 1. The van der Waals surface area contributed by atoms with Gasteiger partial charge in [-0.15, -0.1) is 0 Å². The molecule has 0 radical (unpaired) electrons. The van der Waals surface area contributed by atoms with Crippen molar-refractivity contribution >= 4 is 22.5 Å². The lowest BCUT2D eigenvalue weighted by Gasteiger charge is -2.26. The summed E-state index contributed by atoms with van der Waals surface area (Å²) in [5.41, 5.74) is 11.4. The number of hydrogen-bond donors (Lipinski definition) is 3. The van der Waals surface area contributed by atoms with Gasteiger partial charge in [-0.05, 0) is 54.8 Å². The van der Waals surface area contributed by atoms with Crippen LogP contribution in [0.5, 0.6) is 0 Å². The minimum Gasteiger partial charge on any atom is -0.385 e. The van der Waals surface area contributed by atoms with Gasteiger partial charge in [0.25, 0.3) is 5.91 Å². The molecule has 0 aliphatic carbocycles. The Kier molecular flexibility index (Phi) is 5.83. The van der Waals surface area contributed by atoms with Crippen LogP contribution in [0, 0.1) is 6.92 Å². The van der Waals surface area contributed by atoms with Gasteiger partial charge >= 0.3 is 0 Å². The summed E-state index contributed by atoms with van der Waals surface area (Å²) >= 11 is 0. The molecule has 6 nitrogen and oxygen atoms in total. The van der Waals surface area contributed by atoms with E-state index >= 15 is 0 Å². The second kappa shape index (κ2) is 8.68. The highest BCUT2D eigenvalue weighted by Gasteiger charge is 2.15. The van der Waals surface area contributed by atoms with Crippen LogP contribution >= 0.6 is 0 Å². The van der Waals surface area contributed by atoms with E-state index in [0.29, 0.717) is 5.56 Å². The fourth-order valence-corrected chi connectivity index (χ4v) is 4.07. The number of nitrogens with one attached hydrogen (secondary N) is 2. The van der Waals surface area contributed by atoms with Crippen LogP contribution in [0.3, 0.4) is 0 Å². The largest absolute Gasteiger partial charge is 0.385 e. The Labute approximate surface area is 171 Å². The molecule has 2 heterocycles. The van der Waals surface area contributed by atoms with Crippen molar-refractivity contribution in [2.75, 3.05) is 44.7 Å². The number of aromatic nitrogens is 1. The molecule has 1 saturated heterocycles. The standard InChI is InChI=1S/C23H28N4O2/c1-16-17(18-6-7-20(23(24)28)22-19(18)8-10-26-22)4-2-5-21(16)25-9-3-11-27-12-14-29-15-13-27/h2,4-8,10,25-26H,3,9,11-15H2,1H3,(H2,24,28). The van der Waals surface area contributed by atoms with Crippen molar-refractivity contribution in [3.8, 4) is 11.1 Å². The molecule has 1 aromatic heterocycles. The van der Waals surface area contributed by atoms with E-state index in [1.807, 2.05) is 18.3 Å². The Hall–Kier alpha value is -2.83. The summed E-state index contributed by atoms with van der Waals surface area (Å²) in [5.74, 6) is -0.420. The van der Waals surface area contributed by atoms with Gasteiger partial charge in [0.05, 0.1) is 24.3 Å². The number of fused-ring (bicyclic) bond motifs is 1. The number of morpholine rings is 1. The summed E-state index contributed by atoms with van der Waals surface area (Å²) in [6.45, 7) is 7.91. The van der Waals surface area contributed by atoms with Gasteiger partial charge in [-0.3, -0.25) is 9.69 Å². The summed E-state index contributed by atoms with van der Waals surface area (Å²) in [4.78, 5) is 17.3. The first-order valence-corrected chi connectivity index (χ1v) is 10.2. The highest BCUT2D eigenvalue weighted by molar-refractivity contribution is 6.09. The third-order valence-corrected chi connectivity index (χ3v) is 5.68. The van der Waals surface area contributed by atoms with E-state index in [-0.39, 0.29) is 0 Å². The average Bonchev–Trinajstić information content (AvgIpc) is 3.22. The van der Waals surface area contributed by atoms with Gasteiger partial charge in [-0.2, -0.15) is 0 Å². The molecule has 1 fully saturated rings. The molecular formula is C23H28N4O2. The zero-order valence-corrected chi connectivity index (χ0v) is 16.8. The molecule has 3 aromatic rings. The number of amides is 1. The van der Waals surface area contributed by atoms with Crippen LogP contribution in [-0.2, 0) is 4.74 Å². The summed E-state index contributed by atoms with van der Waals surface area (Å²) in [7, 11) is 0. The maximum absolute atomic E-state index is 11.7. The predicted molar refractivity (Wildman–Crippen MR) is 117 cm³/mol. The van der Waals surface area contributed by atoms with Crippen molar-refractivity contribution < 1.29 is 9.53 Å². The molecule has 1 amide bonds. The Morgan fingerprint density at radius 3 is 2.79 bits per heavy atom. The van der Waals surface area contributed by atoms with Gasteiger partial charge in [-0.1, -0.05) is 18.2 Å². The number of primary amides is 1. The van der Waals surface area contributed by atoms with Crippen molar-refractivity contribution in [2.45, 2.75) is 13.3 Å². The first-order valence-electron chi connectivity index (χ1n) is 10.2. The molecule has 4 rings (SSSR count). The molecule has 29 heavy (non-hydrogen) atoms. The minimum absolute atomic E-state index is 0.420. The number of hydrogen-bond acceptors (Lipinski definition) is 4. The smallest absolute Gasteiger partial charge is 0.250 e. The van der Waals surface area contributed by atoms with Crippen LogP contribution in [0.25, 0.3) is 22.0 Å². The van der Waals surface area contributed by atoms with Crippen molar-refractivity contribution in [1.29, 1.82) is 0 Å². The third-order valence-electron chi connectivity index (χ3n) is 5.68.